The molecule has 0 spiro atoms. The van der Waals surface area contributed by atoms with Gasteiger partial charge in [0.05, 0.1) is 6.54 Å². The van der Waals surface area contributed by atoms with Crippen LogP contribution in [0, 0.1) is 0 Å². The second-order valence-electron chi connectivity index (χ2n) is 6.50. The molecule has 27 heavy (non-hydrogen) atoms. The molecule has 1 aliphatic carbocycles. The quantitative estimate of drug-likeness (QED) is 0.690. The van der Waals surface area contributed by atoms with Crippen LogP contribution in [0.2, 0.25) is 5.02 Å². The lowest BCUT2D eigenvalue weighted by Crippen LogP contribution is -2.55. The summed E-state index contributed by atoms with van der Waals surface area (Å²) in [5.74, 6) is -0.603. The highest BCUT2D eigenvalue weighted by molar-refractivity contribution is 6.30. The third-order valence-electron chi connectivity index (χ3n) is 4.58. The van der Waals surface area contributed by atoms with Gasteiger partial charge >= 0.3 is 5.97 Å². The number of carboxylic acids is 1. The van der Waals surface area contributed by atoms with E-state index in [9.17, 15) is 9.59 Å². The van der Waals surface area contributed by atoms with Crippen LogP contribution in [0.5, 0.6) is 0 Å². The molecule has 0 bridgehead atoms. The SMILES string of the molecule is CCN(CC(=O)O)C1CC(NC(=O)Cn2nnc(-c3ccc(Cl)cc3)n2)C1. The number of likely N-dealkylation sites (N-methyl/N-ethyl adjacent to an activating group) is 1. The number of nitrogens with zero attached hydrogens (tertiary/aromatic N) is 5. The summed E-state index contributed by atoms with van der Waals surface area (Å²) >= 11 is 5.86. The normalized spacial score (nSPS) is 18.9. The molecule has 3 rings (SSSR count). The summed E-state index contributed by atoms with van der Waals surface area (Å²) in [6, 6.07) is 7.29. The summed E-state index contributed by atoms with van der Waals surface area (Å²) in [7, 11) is 0. The van der Waals surface area contributed by atoms with Crippen LogP contribution in [0.25, 0.3) is 11.4 Å². The van der Waals surface area contributed by atoms with Crippen molar-refractivity contribution >= 4 is 23.5 Å². The zero-order valence-corrected chi connectivity index (χ0v) is 15.6. The molecule has 1 aromatic carbocycles. The topological polar surface area (TPSA) is 113 Å². The fourth-order valence-corrected chi connectivity index (χ4v) is 3.23. The van der Waals surface area contributed by atoms with E-state index in [0.717, 1.165) is 18.4 Å². The molecule has 2 aromatic rings. The Morgan fingerprint density at radius 2 is 2.04 bits per heavy atom. The average Bonchev–Trinajstić information content (AvgIpc) is 3.04. The minimum Gasteiger partial charge on any atom is -0.480 e. The molecule has 1 amide bonds. The minimum atomic E-state index is -0.835. The lowest BCUT2D eigenvalue weighted by Gasteiger charge is -2.42. The van der Waals surface area contributed by atoms with E-state index in [1.807, 2.05) is 11.8 Å². The highest BCUT2D eigenvalue weighted by Crippen LogP contribution is 2.25. The number of carboxylic acid groups (broad SMARTS) is 1. The van der Waals surface area contributed by atoms with Gasteiger partial charge in [-0.3, -0.25) is 14.5 Å². The molecular weight excluding hydrogens is 372 g/mol. The summed E-state index contributed by atoms with van der Waals surface area (Å²) in [6.45, 7) is 2.62. The highest BCUT2D eigenvalue weighted by atomic mass is 35.5. The molecule has 0 aliphatic heterocycles. The number of aliphatic carboxylic acids is 1. The number of nitrogens with one attached hydrogen (secondary N) is 1. The molecule has 2 N–H and O–H groups in total. The zero-order chi connectivity index (χ0) is 19.4. The van der Waals surface area contributed by atoms with Crippen molar-refractivity contribution in [3.63, 3.8) is 0 Å². The lowest BCUT2D eigenvalue weighted by molar-refractivity contribution is -0.139. The highest BCUT2D eigenvalue weighted by Gasteiger charge is 2.34. The van der Waals surface area contributed by atoms with E-state index in [2.05, 4.69) is 20.7 Å². The van der Waals surface area contributed by atoms with Crippen LogP contribution in [-0.4, -0.2) is 67.3 Å². The molecule has 0 unspecified atom stereocenters. The number of aromatic nitrogens is 4. The Morgan fingerprint density at radius 3 is 2.67 bits per heavy atom. The van der Waals surface area contributed by atoms with E-state index in [1.165, 1.54) is 4.80 Å². The smallest absolute Gasteiger partial charge is 0.317 e. The molecule has 9 nitrogen and oxygen atoms in total. The van der Waals surface area contributed by atoms with Gasteiger partial charge in [-0.1, -0.05) is 18.5 Å². The standard InChI is InChI=1S/C17H21ClN6O3/c1-2-23(10-16(26)27)14-7-13(8-14)19-15(25)9-24-21-17(20-22-24)11-3-5-12(18)6-4-11/h3-6,13-14H,2,7-10H2,1H3,(H,19,25)(H,26,27). The second-order valence-corrected chi connectivity index (χ2v) is 6.93. The summed E-state index contributed by atoms with van der Waals surface area (Å²) in [6.07, 6.45) is 1.49. The molecule has 0 atom stereocenters. The molecule has 1 heterocycles. The third kappa shape index (κ3) is 5.01. The molecule has 0 radical (unpaired) electrons. The van der Waals surface area contributed by atoms with Gasteiger partial charge in [0.1, 0.15) is 6.54 Å². The van der Waals surface area contributed by atoms with Crippen LogP contribution >= 0.6 is 11.6 Å². The lowest BCUT2D eigenvalue weighted by atomic mass is 9.85. The maximum Gasteiger partial charge on any atom is 0.317 e. The number of halogens is 1. The summed E-state index contributed by atoms with van der Waals surface area (Å²) in [5, 5.41) is 24.5. The molecule has 0 saturated heterocycles. The van der Waals surface area contributed by atoms with E-state index >= 15 is 0 Å². The Kier molecular flexibility index (Phi) is 6.02. The summed E-state index contributed by atoms with van der Waals surface area (Å²) < 4.78 is 0. The Balaban J connectivity index is 1.47. The van der Waals surface area contributed by atoms with Gasteiger partial charge in [-0.2, -0.15) is 4.80 Å². The van der Waals surface area contributed by atoms with Crippen molar-refractivity contribution in [1.29, 1.82) is 0 Å². The van der Waals surface area contributed by atoms with Crippen LogP contribution < -0.4 is 5.32 Å². The fraction of sp³-hybridized carbons (Fsp3) is 0.471. The van der Waals surface area contributed by atoms with Crippen LogP contribution in [0.15, 0.2) is 24.3 Å². The van der Waals surface area contributed by atoms with Gasteiger partial charge in [0.15, 0.2) is 0 Å². The van der Waals surface area contributed by atoms with Gasteiger partial charge in [0, 0.05) is 22.7 Å². The van der Waals surface area contributed by atoms with E-state index in [-0.39, 0.29) is 31.1 Å². The number of rotatable bonds is 8. The number of hydrogen-bond donors (Lipinski definition) is 2. The van der Waals surface area contributed by atoms with Crippen LogP contribution in [0.3, 0.4) is 0 Å². The number of amides is 1. The first-order chi connectivity index (χ1) is 12.9. The molecule has 1 aromatic heterocycles. The van der Waals surface area contributed by atoms with Gasteiger partial charge in [-0.05, 0) is 48.9 Å². The fourth-order valence-electron chi connectivity index (χ4n) is 3.10. The van der Waals surface area contributed by atoms with Gasteiger partial charge < -0.3 is 10.4 Å². The Morgan fingerprint density at radius 1 is 1.33 bits per heavy atom. The average molecular weight is 393 g/mol. The monoisotopic (exact) mass is 392 g/mol. The first-order valence-corrected chi connectivity index (χ1v) is 9.11. The van der Waals surface area contributed by atoms with Crippen molar-refractivity contribution in [2.45, 2.75) is 38.4 Å². The first-order valence-electron chi connectivity index (χ1n) is 8.73. The van der Waals surface area contributed by atoms with E-state index in [0.29, 0.717) is 17.4 Å². The van der Waals surface area contributed by atoms with Crippen molar-refractivity contribution in [3.8, 4) is 11.4 Å². The predicted molar refractivity (Wildman–Crippen MR) is 98.1 cm³/mol. The number of carbonyl (C=O) groups is 2. The molecular formula is C17H21ClN6O3. The Labute approximate surface area is 161 Å². The van der Waals surface area contributed by atoms with Crippen LogP contribution in [0.4, 0.5) is 0 Å². The number of benzene rings is 1. The van der Waals surface area contributed by atoms with Crippen LogP contribution in [-0.2, 0) is 16.1 Å². The van der Waals surface area contributed by atoms with Gasteiger partial charge in [-0.25, -0.2) is 0 Å². The molecule has 1 aliphatic rings. The third-order valence-corrected chi connectivity index (χ3v) is 4.83. The summed E-state index contributed by atoms with van der Waals surface area (Å²) in [5.41, 5.74) is 0.769. The summed E-state index contributed by atoms with van der Waals surface area (Å²) in [4.78, 5) is 26.2. The Bertz CT molecular complexity index is 803. The number of carbonyl (C=O) groups excluding carboxylic acids is 1. The molecule has 10 heteroatoms. The number of tetrazole rings is 1. The van der Waals surface area contributed by atoms with Crippen LogP contribution in [0.1, 0.15) is 19.8 Å². The van der Waals surface area contributed by atoms with Crippen molar-refractivity contribution in [2.24, 2.45) is 0 Å². The zero-order valence-electron chi connectivity index (χ0n) is 14.9. The van der Waals surface area contributed by atoms with Gasteiger partial charge in [0.2, 0.25) is 11.7 Å². The maximum atomic E-state index is 12.2. The number of hydrogen-bond acceptors (Lipinski definition) is 6. The Hall–Kier alpha value is -2.52. The van der Waals surface area contributed by atoms with Crippen molar-refractivity contribution in [1.82, 2.24) is 30.4 Å². The van der Waals surface area contributed by atoms with E-state index in [1.54, 1.807) is 24.3 Å². The predicted octanol–water partition coefficient (Wildman–Crippen LogP) is 1.05. The largest absolute Gasteiger partial charge is 0.480 e. The van der Waals surface area contributed by atoms with E-state index < -0.39 is 5.97 Å². The minimum absolute atomic E-state index is 0.0195. The van der Waals surface area contributed by atoms with Gasteiger partial charge in [0.25, 0.3) is 0 Å². The van der Waals surface area contributed by atoms with E-state index in [4.69, 9.17) is 16.7 Å². The maximum absolute atomic E-state index is 12.2. The second kappa shape index (κ2) is 8.45. The first kappa shape index (κ1) is 19.2. The van der Waals surface area contributed by atoms with Crippen molar-refractivity contribution in [2.75, 3.05) is 13.1 Å². The van der Waals surface area contributed by atoms with Crippen molar-refractivity contribution in [3.05, 3.63) is 29.3 Å². The van der Waals surface area contributed by atoms with Gasteiger partial charge in [-0.15, -0.1) is 10.2 Å². The molecule has 1 fully saturated rings. The van der Waals surface area contributed by atoms with Crippen molar-refractivity contribution < 1.29 is 14.7 Å². The molecule has 1 saturated carbocycles. The molecule has 144 valence electrons.